The Labute approximate surface area is 174 Å². The first-order chi connectivity index (χ1) is 14.5. The Balaban J connectivity index is 1.39. The summed E-state index contributed by atoms with van der Waals surface area (Å²) in [5.74, 6) is 0.950. The molecule has 0 spiro atoms. The topological polar surface area (TPSA) is 64.6 Å². The number of carbonyl (C=O) groups excluding carboxylic acids is 1. The van der Waals surface area contributed by atoms with Crippen molar-refractivity contribution < 1.29 is 13.6 Å². The van der Waals surface area contributed by atoms with E-state index >= 15 is 0 Å². The molecule has 0 atom stereocenters. The van der Waals surface area contributed by atoms with Gasteiger partial charge in [0.2, 0.25) is 0 Å². The number of benzene rings is 1. The Kier molecular flexibility index (Phi) is 5.96. The van der Waals surface area contributed by atoms with Crippen molar-refractivity contribution in [3.05, 3.63) is 41.7 Å². The molecule has 30 heavy (non-hydrogen) atoms. The Bertz CT molecular complexity index is 890. The standard InChI is InChI=1S/C21H26F2N6O/c1-15-24-18(27-8-3-2-4-9-27)14-19(25-15)28-10-12-29(13-11-28)21(30)26-20-16(22)6-5-7-17(20)23/h5-7,14H,2-4,8-13H2,1H3,(H,26,30). The van der Waals surface area contributed by atoms with Gasteiger partial charge in [-0.05, 0) is 38.3 Å². The highest BCUT2D eigenvalue weighted by molar-refractivity contribution is 5.89. The van der Waals surface area contributed by atoms with E-state index in [0.717, 1.165) is 42.7 Å². The minimum Gasteiger partial charge on any atom is -0.356 e. The second-order valence-electron chi connectivity index (χ2n) is 7.68. The molecular formula is C21H26F2N6O. The van der Waals surface area contributed by atoms with Gasteiger partial charge in [0.05, 0.1) is 0 Å². The van der Waals surface area contributed by atoms with Crippen molar-refractivity contribution in [2.45, 2.75) is 26.2 Å². The van der Waals surface area contributed by atoms with E-state index < -0.39 is 23.4 Å². The predicted octanol–water partition coefficient (Wildman–Crippen LogP) is 3.41. The van der Waals surface area contributed by atoms with Crippen LogP contribution in [0.2, 0.25) is 0 Å². The third-order valence-electron chi connectivity index (χ3n) is 5.58. The van der Waals surface area contributed by atoms with Crippen LogP contribution in [0.1, 0.15) is 25.1 Å². The number of piperazine rings is 1. The van der Waals surface area contributed by atoms with Gasteiger partial charge in [-0.2, -0.15) is 0 Å². The average Bonchev–Trinajstić information content (AvgIpc) is 2.76. The number of nitrogens with zero attached hydrogens (tertiary/aromatic N) is 5. The molecule has 2 amide bonds. The summed E-state index contributed by atoms with van der Waals surface area (Å²) in [6.07, 6.45) is 3.61. The summed E-state index contributed by atoms with van der Waals surface area (Å²) in [4.78, 5) is 27.6. The van der Waals surface area contributed by atoms with Crippen molar-refractivity contribution in [1.29, 1.82) is 0 Å². The molecule has 0 radical (unpaired) electrons. The van der Waals surface area contributed by atoms with Crippen LogP contribution in [0.5, 0.6) is 0 Å². The number of amides is 2. The molecule has 2 aromatic rings. The lowest BCUT2D eigenvalue weighted by molar-refractivity contribution is 0.208. The Morgan fingerprint density at radius 3 is 2.07 bits per heavy atom. The lowest BCUT2D eigenvalue weighted by Crippen LogP contribution is -2.50. The number of hydrogen-bond acceptors (Lipinski definition) is 5. The average molecular weight is 416 g/mol. The number of halogens is 2. The van der Waals surface area contributed by atoms with E-state index in [1.807, 2.05) is 13.0 Å². The summed E-state index contributed by atoms with van der Waals surface area (Å²) in [5, 5.41) is 2.35. The second-order valence-corrected chi connectivity index (χ2v) is 7.68. The van der Waals surface area contributed by atoms with E-state index in [9.17, 15) is 13.6 Å². The lowest BCUT2D eigenvalue weighted by atomic mass is 10.1. The fourth-order valence-electron chi connectivity index (χ4n) is 3.93. The molecule has 1 aromatic heterocycles. The van der Waals surface area contributed by atoms with Crippen LogP contribution in [-0.4, -0.2) is 60.2 Å². The number of anilines is 3. The molecule has 0 bridgehead atoms. The number of para-hydroxylation sites is 1. The zero-order chi connectivity index (χ0) is 21.1. The van der Waals surface area contributed by atoms with Gasteiger partial charge in [-0.25, -0.2) is 23.5 Å². The molecule has 4 rings (SSSR count). The number of aryl methyl sites for hydroxylation is 1. The Morgan fingerprint density at radius 2 is 1.47 bits per heavy atom. The molecule has 0 unspecified atom stereocenters. The Morgan fingerprint density at radius 1 is 0.900 bits per heavy atom. The van der Waals surface area contributed by atoms with Gasteiger partial charge in [-0.1, -0.05) is 6.07 Å². The van der Waals surface area contributed by atoms with Crippen molar-refractivity contribution in [3.63, 3.8) is 0 Å². The maximum absolute atomic E-state index is 13.8. The van der Waals surface area contributed by atoms with Gasteiger partial charge in [-0.3, -0.25) is 0 Å². The zero-order valence-electron chi connectivity index (χ0n) is 17.1. The second kappa shape index (κ2) is 8.81. The number of carbonyl (C=O) groups is 1. The lowest BCUT2D eigenvalue weighted by Gasteiger charge is -2.36. The molecule has 1 aromatic carbocycles. The fourth-order valence-corrected chi connectivity index (χ4v) is 3.93. The van der Waals surface area contributed by atoms with E-state index in [2.05, 4.69) is 25.1 Å². The molecule has 9 heteroatoms. The van der Waals surface area contributed by atoms with Gasteiger partial charge in [0, 0.05) is 45.3 Å². The van der Waals surface area contributed by atoms with Crippen molar-refractivity contribution in [2.75, 3.05) is 54.4 Å². The van der Waals surface area contributed by atoms with Gasteiger partial charge >= 0.3 is 6.03 Å². The van der Waals surface area contributed by atoms with Crippen LogP contribution >= 0.6 is 0 Å². The number of rotatable bonds is 3. The van der Waals surface area contributed by atoms with Crippen LogP contribution in [-0.2, 0) is 0 Å². The van der Waals surface area contributed by atoms with Crippen molar-refractivity contribution in [3.8, 4) is 0 Å². The Hall–Kier alpha value is -2.97. The SMILES string of the molecule is Cc1nc(N2CCCCC2)cc(N2CCN(C(=O)Nc3c(F)cccc3F)CC2)n1. The quantitative estimate of drug-likeness (QED) is 0.831. The van der Waals surface area contributed by atoms with Gasteiger partial charge in [0.25, 0.3) is 0 Å². The highest BCUT2D eigenvalue weighted by atomic mass is 19.1. The molecule has 2 aliphatic rings. The van der Waals surface area contributed by atoms with E-state index in [1.165, 1.54) is 25.3 Å². The molecule has 7 nitrogen and oxygen atoms in total. The summed E-state index contributed by atoms with van der Waals surface area (Å²) in [6.45, 7) is 5.95. The molecule has 160 valence electrons. The molecule has 2 saturated heterocycles. The summed E-state index contributed by atoms with van der Waals surface area (Å²) >= 11 is 0. The fraction of sp³-hybridized carbons (Fsp3) is 0.476. The highest BCUT2D eigenvalue weighted by Crippen LogP contribution is 2.24. The number of hydrogen-bond donors (Lipinski definition) is 1. The summed E-state index contributed by atoms with van der Waals surface area (Å²) < 4.78 is 27.6. The molecule has 1 N–H and O–H groups in total. The molecule has 3 heterocycles. The first kappa shape index (κ1) is 20.3. The first-order valence-corrected chi connectivity index (χ1v) is 10.4. The van der Waals surface area contributed by atoms with Crippen LogP contribution in [0, 0.1) is 18.6 Å². The van der Waals surface area contributed by atoms with Crippen molar-refractivity contribution in [1.82, 2.24) is 14.9 Å². The van der Waals surface area contributed by atoms with E-state index in [-0.39, 0.29) is 0 Å². The van der Waals surface area contributed by atoms with Crippen LogP contribution in [0.25, 0.3) is 0 Å². The highest BCUT2D eigenvalue weighted by Gasteiger charge is 2.24. The maximum Gasteiger partial charge on any atom is 0.322 e. The molecule has 0 aliphatic carbocycles. The smallest absolute Gasteiger partial charge is 0.322 e. The summed E-state index contributed by atoms with van der Waals surface area (Å²) in [7, 11) is 0. The molecule has 2 fully saturated rings. The van der Waals surface area contributed by atoms with E-state index in [0.29, 0.717) is 26.2 Å². The number of nitrogens with one attached hydrogen (secondary N) is 1. The molecule has 2 aliphatic heterocycles. The minimum atomic E-state index is -0.788. The first-order valence-electron chi connectivity index (χ1n) is 10.4. The number of aromatic nitrogens is 2. The maximum atomic E-state index is 13.8. The van der Waals surface area contributed by atoms with Crippen molar-refractivity contribution >= 4 is 23.4 Å². The van der Waals surface area contributed by atoms with Gasteiger partial charge in [-0.15, -0.1) is 0 Å². The van der Waals surface area contributed by atoms with Crippen LogP contribution in [0.4, 0.5) is 30.9 Å². The van der Waals surface area contributed by atoms with E-state index in [4.69, 9.17) is 0 Å². The zero-order valence-corrected chi connectivity index (χ0v) is 17.1. The third kappa shape index (κ3) is 4.44. The largest absolute Gasteiger partial charge is 0.356 e. The molecular weight excluding hydrogens is 390 g/mol. The number of urea groups is 1. The number of piperidine rings is 1. The van der Waals surface area contributed by atoms with Crippen LogP contribution < -0.4 is 15.1 Å². The minimum absolute atomic E-state index is 0.414. The van der Waals surface area contributed by atoms with Crippen LogP contribution in [0.3, 0.4) is 0 Å². The normalized spacial score (nSPS) is 17.2. The van der Waals surface area contributed by atoms with Gasteiger partial charge < -0.3 is 20.0 Å². The monoisotopic (exact) mass is 416 g/mol. The van der Waals surface area contributed by atoms with Crippen LogP contribution in [0.15, 0.2) is 24.3 Å². The summed E-state index contributed by atoms with van der Waals surface area (Å²) in [5.41, 5.74) is -0.414. The van der Waals surface area contributed by atoms with Gasteiger partial charge in [0.15, 0.2) is 0 Å². The molecule has 0 saturated carbocycles. The van der Waals surface area contributed by atoms with Gasteiger partial charge in [0.1, 0.15) is 34.8 Å². The van der Waals surface area contributed by atoms with E-state index in [1.54, 1.807) is 4.90 Å². The summed E-state index contributed by atoms with van der Waals surface area (Å²) in [6, 6.07) is 5.01. The van der Waals surface area contributed by atoms with Crippen molar-refractivity contribution in [2.24, 2.45) is 0 Å². The predicted molar refractivity (Wildman–Crippen MR) is 112 cm³/mol. The third-order valence-corrected chi connectivity index (χ3v) is 5.58.